The van der Waals surface area contributed by atoms with Gasteiger partial charge in [0.05, 0.1) is 6.54 Å². The molecule has 3 aromatic carbocycles. The molecule has 1 aliphatic carbocycles. The zero-order valence-electron chi connectivity index (χ0n) is 15.9. The standard InChI is InChI=1S/C24H18F2N2O2/c25-21-12-15(13-22(26)23(21)27)6-5-11-28-24(29)30-14-20-18-9-3-1-7-16(18)17-8-2-4-10-19(17)20/h1-4,7-10,12-13,20H,11,14,27H2,(H,28,29). The third-order valence-electron chi connectivity index (χ3n) is 4.98. The summed E-state index contributed by atoms with van der Waals surface area (Å²) in [5.74, 6) is 3.43. The Morgan fingerprint density at radius 2 is 1.57 bits per heavy atom. The predicted octanol–water partition coefficient (Wildman–Crippen LogP) is 4.44. The van der Waals surface area contributed by atoms with E-state index < -0.39 is 23.4 Å². The van der Waals surface area contributed by atoms with Crippen LogP contribution in [0.5, 0.6) is 0 Å². The molecule has 0 saturated heterocycles. The minimum atomic E-state index is -0.871. The largest absolute Gasteiger partial charge is 0.449 e. The first-order chi connectivity index (χ1) is 14.5. The van der Waals surface area contributed by atoms with Crippen LogP contribution in [0.1, 0.15) is 22.6 Å². The smallest absolute Gasteiger partial charge is 0.407 e. The van der Waals surface area contributed by atoms with Gasteiger partial charge < -0.3 is 15.8 Å². The molecule has 0 radical (unpaired) electrons. The Morgan fingerprint density at radius 1 is 1.00 bits per heavy atom. The second-order valence-electron chi connectivity index (χ2n) is 6.83. The molecule has 150 valence electrons. The van der Waals surface area contributed by atoms with E-state index in [1.165, 1.54) is 0 Å². The van der Waals surface area contributed by atoms with Crippen molar-refractivity contribution in [2.75, 3.05) is 18.9 Å². The first-order valence-electron chi connectivity index (χ1n) is 9.37. The van der Waals surface area contributed by atoms with Crippen molar-refractivity contribution in [1.29, 1.82) is 0 Å². The number of nitrogens with one attached hydrogen (secondary N) is 1. The number of nitrogens with two attached hydrogens (primary N) is 1. The van der Waals surface area contributed by atoms with Crippen LogP contribution in [0.2, 0.25) is 0 Å². The van der Waals surface area contributed by atoms with Gasteiger partial charge in [-0.3, -0.25) is 0 Å². The van der Waals surface area contributed by atoms with Gasteiger partial charge in [0.2, 0.25) is 0 Å². The van der Waals surface area contributed by atoms with Gasteiger partial charge >= 0.3 is 6.09 Å². The molecule has 1 amide bonds. The number of alkyl carbamates (subject to hydrolysis) is 1. The number of nitrogen functional groups attached to an aromatic ring is 1. The van der Waals surface area contributed by atoms with E-state index in [2.05, 4.69) is 29.3 Å². The van der Waals surface area contributed by atoms with Crippen molar-refractivity contribution in [2.24, 2.45) is 0 Å². The Labute approximate surface area is 172 Å². The van der Waals surface area contributed by atoms with Crippen LogP contribution in [0.25, 0.3) is 11.1 Å². The van der Waals surface area contributed by atoms with Crippen molar-refractivity contribution in [3.8, 4) is 23.0 Å². The van der Waals surface area contributed by atoms with Gasteiger partial charge in [-0.05, 0) is 34.4 Å². The number of hydrogen-bond acceptors (Lipinski definition) is 3. The van der Waals surface area contributed by atoms with E-state index >= 15 is 0 Å². The number of halogens is 2. The van der Waals surface area contributed by atoms with E-state index in [-0.39, 0.29) is 24.6 Å². The fraction of sp³-hybridized carbons (Fsp3) is 0.125. The lowest BCUT2D eigenvalue weighted by atomic mass is 9.98. The van der Waals surface area contributed by atoms with Gasteiger partial charge in [-0.25, -0.2) is 13.6 Å². The molecule has 3 aromatic rings. The molecule has 0 bridgehead atoms. The van der Waals surface area contributed by atoms with Crippen LogP contribution in [-0.2, 0) is 4.74 Å². The third-order valence-corrected chi connectivity index (χ3v) is 4.98. The van der Waals surface area contributed by atoms with Crippen LogP contribution in [0.3, 0.4) is 0 Å². The molecule has 0 aliphatic heterocycles. The molecule has 4 nitrogen and oxygen atoms in total. The van der Waals surface area contributed by atoms with E-state index in [0.29, 0.717) is 0 Å². The summed E-state index contributed by atoms with van der Waals surface area (Å²) in [7, 11) is 0. The van der Waals surface area contributed by atoms with Crippen LogP contribution >= 0.6 is 0 Å². The van der Waals surface area contributed by atoms with Crippen molar-refractivity contribution in [2.45, 2.75) is 5.92 Å². The molecule has 0 atom stereocenters. The molecule has 1 aliphatic rings. The number of rotatable bonds is 3. The minimum absolute atomic E-state index is 0.0235. The van der Waals surface area contributed by atoms with E-state index in [0.717, 1.165) is 34.4 Å². The molecule has 4 rings (SSSR count). The lowest BCUT2D eigenvalue weighted by Gasteiger charge is -2.14. The number of carbonyl (C=O) groups is 1. The first-order valence-corrected chi connectivity index (χ1v) is 9.37. The highest BCUT2D eigenvalue weighted by molar-refractivity contribution is 5.79. The molecule has 0 unspecified atom stereocenters. The molecule has 0 spiro atoms. The zero-order chi connectivity index (χ0) is 21.1. The summed E-state index contributed by atoms with van der Waals surface area (Å²) in [5.41, 5.74) is 9.35. The number of benzene rings is 3. The van der Waals surface area contributed by atoms with Gasteiger partial charge in [0.25, 0.3) is 0 Å². The molecule has 3 N–H and O–H groups in total. The molecule has 0 aromatic heterocycles. The number of anilines is 1. The number of ether oxygens (including phenoxy) is 1. The summed E-state index contributed by atoms with van der Waals surface area (Å²) >= 11 is 0. The number of hydrogen-bond donors (Lipinski definition) is 2. The normalized spacial score (nSPS) is 11.8. The van der Waals surface area contributed by atoms with Crippen LogP contribution in [0.4, 0.5) is 19.3 Å². The number of amides is 1. The first kappa shape index (κ1) is 19.5. The molecular formula is C24H18F2N2O2. The maximum absolute atomic E-state index is 13.4. The zero-order valence-corrected chi connectivity index (χ0v) is 15.9. The van der Waals surface area contributed by atoms with Gasteiger partial charge in [0, 0.05) is 11.5 Å². The number of carbonyl (C=O) groups excluding carboxylic acids is 1. The summed E-state index contributed by atoms with van der Waals surface area (Å²) in [6.45, 7) is 0.173. The van der Waals surface area contributed by atoms with Crippen LogP contribution in [0.15, 0.2) is 60.7 Å². The minimum Gasteiger partial charge on any atom is -0.449 e. The fourth-order valence-electron chi connectivity index (χ4n) is 3.57. The van der Waals surface area contributed by atoms with Crippen LogP contribution in [0, 0.1) is 23.5 Å². The second-order valence-corrected chi connectivity index (χ2v) is 6.83. The van der Waals surface area contributed by atoms with Crippen molar-refractivity contribution in [1.82, 2.24) is 5.32 Å². The molecule has 0 fully saturated rings. The molecule has 0 heterocycles. The van der Waals surface area contributed by atoms with E-state index in [4.69, 9.17) is 10.5 Å². The summed E-state index contributed by atoms with van der Waals surface area (Å²) in [4.78, 5) is 12.1. The van der Waals surface area contributed by atoms with Crippen molar-refractivity contribution in [3.05, 3.63) is 89.0 Å². The Balaban J connectivity index is 1.35. The average Bonchev–Trinajstić information content (AvgIpc) is 3.07. The maximum atomic E-state index is 13.4. The fourth-order valence-corrected chi connectivity index (χ4v) is 3.57. The monoisotopic (exact) mass is 404 g/mol. The number of fused-ring (bicyclic) bond motifs is 3. The lowest BCUT2D eigenvalue weighted by molar-refractivity contribution is 0.144. The summed E-state index contributed by atoms with van der Waals surface area (Å²) in [6.07, 6.45) is -0.610. The maximum Gasteiger partial charge on any atom is 0.407 e. The van der Waals surface area contributed by atoms with Crippen LogP contribution < -0.4 is 11.1 Å². The van der Waals surface area contributed by atoms with Gasteiger partial charge in [0.1, 0.15) is 23.9 Å². The van der Waals surface area contributed by atoms with E-state index in [1.54, 1.807) is 0 Å². The third kappa shape index (κ3) is 3.83. The van der Waals surface area contributed by atoms with E-state index in [1.807, 2.05) is 36.4 Å². The van der Waals surface area contributed by atoms with Gasteiger partial charge in [0.15, 0.2) is 0 Å². The summed E-state index contributed by atoms with van der Waals surface area (Å²) < 4.78 is 32.2. The predicted molar refractivity (Wildman–Crippen MR) is 111 cm³/mol. The Kier molecular flexibility index (Phi) is 5.36. The average molecular weight is 404 g/mol. The van der Waals surface area contributed by atoms with Gasteiger partial charge in [-0.1, -0.05) is 60.4 Å². The second kappa shape index (κ2) is 8.26. The SMILES string of the molecule is Nc1c(F)cc(C#CCNC(=O)OCC2c3ccccc3-c3ccccc32)cc1F. The van der Waals surface area contributed by atoms with Crippen molar-refractivity contribution >= 4 is 11.8 Å². The van der Waals surface area contributed by atoms with Crippen molar-refractivity contribution in [3.63, 3.8) is 0 Å². The Bertz CT molecular complexity index is 1110. The topological polar surface area (TPSA) is 64.3 Å². The highest BCUT2D eigenvalue weighted by Crippen LogP contribution is 2.44. The Morgan fingerprint density at radius 3 is 2.17 bits per heavy atom. The summed E-state index contributed by atoms with van der Waals surface area (Å²) in [6, 6.07) is 18.2. The highest BCUT2D eigenvalue weighted by Gasteiger charge is 2.28. The molecule has 30 heavy (non-hydrogen) atoms. The van der Waals surface area contributed by atoms with Crippen LogP contribution in [-0.4, -0.2) is 19.2 Å². The quantitative estimate of drug-likeness (QED) is 0.501. The van der Waals surface area contributed by atoms with E-state index in [9.17, 15) is 13.6 Å². The molecule has 0 saturated carbocycles. The highest BCUT2D eigenvalue weighted by atomic mass is 19.1. The molecule has 6 heteroatoms. The van der Waals surface area contributed by atoms with Gasteiger partial charge in [-0.2, -0.15) is 0 Å². The van der Waals surface area contributed by atoms with Gasteiger partial charge in [-0.15, -0.1) is 0 Å². The summed E-state index contributed by atoms with van der Waals surface area (Å²) in [5, 5.41) is 2.52. The lowest BCUT2D eigenvalue weighted by Crippen LogP contribution is -2.26. The Hall–Kier alpha value is -3.85. The van der Waals surface area contributed by atoms with Crippen molar-refractivity contribution < 1.29 is 18.3 Å². The molecular weight excluding hydrogens is 386 g/mol.